The summed E-state index contributed by atoms with van der Waals surface area (Å²) >= 11 is 0. The van der Waals surface area contributed by atoms with E-state index in [-0.39, 0.29) is 11.9 Å². The molecule has 2 aromatic rings. The molecule has 0 radical (unpaired) electrons. The maximum atomic E-state index is 12.5. The molecule has 0 bridgehead atoms. The molecular formula is C17H21N3O4. The number of amides is 1. The van der Waals surface area contributed by atoms with Gasteiger partial charge in [0.25, 0.3) is 5.91 Å². The molecule has 1 atom stereocenters. The van der Waals surface area contributed by atoms with Crippen LogP contribution in [0.2, 0.25) is 0 Å². The second-order valence-corrected chi connectivity index (χ2v) is 5.07. The van der Waals surface area contributed by atoms with Crippen LogP contribution in [0.15, 0.2) is 35.4 Å². The van der Waals surface area contributed by atoms with Crippen molar-refractivity contribution >= 4 is 5.91 Å². The first-order chi connectivity index (χ1) is 11.6. The molecule has 2 rings (SSSR count). The molecule has 1 heterocycles. The Kier molecular flexibility index (Phi) is 5.95. The normalized spacial score (nSPS) is 11.6. The van der Waals surface area contributed by atoms with Gasteiger partial charge in [0.2, 0.25) is 5.89 Å². The van der Waals surface area contributed by atoms with Crippen LogP contribution in [0, 0.1) is 6.92 Å². The van der Waals surface area contributed by atoms with Crippen LogP contribution in [0.25, 0.3) is 0 Å². The summed E-state index contributed by atoms with van der Waals surface area (Å²) < 4.78 is 15.7. The summed E-state index contributed by atoms with van der Waals surface area (Å²) in [5.41, 5.74) is 0.455. The second-order valence-electron chi connectivity index (χ2n) is 5.07. The summed E-state index contributed by atoms with van der Waals surface area (Å²) in [6.07, 6.45) is 2.28. The lowest BCUT2D eigenvalue weighted by atomic mass is 10.1. The quantitative estimate of drug-likeness (QED) is 0.749. The zero-order chi connectivity index (χ0) is 17.5. The summed E-state index contributed by atoms with van der Waals surface area (Å²) in [6.45, 7) is 7.60. The van der Waals surface area contributed by atoms with Gasteiger partial charge in [0, 0.05) is 12.5 Å². The predicted molar refractivity (Wildman–Crippen MR) is 88.2 cm³/mol. The average Bonchev–Trinajstić information content (AvgIpc) is 3.03. The van der Waals surface area contributed by atoms with Gasteiger partial charge < -0.3 is 19.3 Å². The van der Waals surface area contributed by atoms with Crippen molar-refractivity contribution in [2.75, 3.05) is 13.7 Å². The predicted octanol–water partition coefficient (Wildman–Crippen LogP) is 2.83. The number of rotatable bonds is 8. The molecule has 1 N–H and O–H groups in total. The van der Waals surface area contributed by atoms with Crippen molar-refractivity contribution in [1.82, 2.24) is 15.5 Å². The fourth-order valence-corrected chi connectivity index (χ4v) is 2.12. The summed E-state index contributed by atoms with van der Waals surface area (Å²) in [5, 5.41) is 6.75. The number of benzene rings is 1. The van der Waals surface area contributed by atoms with Crippen LogP contribution in [0.3, 0.4) is 0 Å². The Labute approximate surface area is 140 Å². The summed E-state index contributed by atoms with van der Waals surface area (Å²) in [6, 6.07) is 4.67. The molecule has 0 aliphatic rings. The van der Waals surface area contributed by atoms with Crippen molar-refractivity contribution in [3.63, 3.8) is 0 Å². The first-order valence-corrected chi connectivity index (χ1v) is 7.61. The van der Waals surface area contributed by atoms with Gasteiger partial charge in [-0.1, -0.05) is 24.7 Å². The Morgan fingerprint density at radius 3 is 2.83 bits per heavy atom. The highest BCUT2D eigenvalue weighted by Crippen LogP contribution is 2.28. The van der Waals surface area contributed by atoms with Gasteiger partial charge in [-0.05, 0) is 24.6 Å². The molecule has 1 amide bonds. The van der Waals surface area contributed by atoms with E-state index in [4.69, 9.17) is 14.0 Å². The smallest absolute Gasteiger partial charge is 0.252 e. The van der Waals surface area contributed by atoms with E-state index in [0.717, 1.165) is 0 Å². The lowest BCUT2D eigenvalue weighted by molar-refractivity contribution is 0.0933. The van der Waals surface area contributed by atoms with Gasteiger partial charge >= 0.3 is 0 Å². The average molecular weight is 331 g/mol. The van der Waals surface area contributed by atoms with E-state index in [2.05, 4.69) is 22.0 Å². The molecule has 0 fully saturated rings. The van der Waals surface area contributed by atoms with E-state index in [9.17, 15) is 4.79 Å². The minimum Gasteiger partial charge on any atom is -0.493 e. The molecular weight excluding hydrogens is 310 g/mol. The molecule has 0 aliphatic heterocycles. The summed E-state index contributed by atoms with van der Waals surface area (Å²) in [4.78, 5) is 16.6. The van der Waals surface area contributed by atoms with Gasteiger partial charge in [0.1, 0.15) is 6.61 Å². The highest BCUT2D eigenvalue weighted by Gasteiger charge is 2.19. The molecule has 0 saturated carbocycles. The number of nitrogens with one attached hydrogen (secondary N) is 1. The SMILES string of the molecule is C=CCOc1ccc(C(=O)N[C@H](CC)c2noc(C)n2)cc1OC. The molecule has 7 heteroatoms. The lowest BCUT2D eigenvalue weighted by Gasteiger charge is -2.15. The number of ether oxygens (including phenoxy) is 2. The Morgan fingerprint density at radius 2 is 2.25 bits per heavy atom. The number of methoxy groups -OCH3 is 1. The van der Waals surface area contributed by atoms with Gasteiger partial charge in [-0.15, -0.1) is 0 Å². The van der Waals surface area contributed by atoms with Gasteiger partial charge in [-0.25, -0.2) is 0 Å². The number of carbonyl (C=O) groups is 1. The van der Waals surface area contributed by atoms with Gasteiger partial charge in [0.05, 0.1) is 13.2 Å². The first kappa shape index (κ1) is 17.5. The third kappa shape index (κ3) is 4.13. The first-order valence-electron chi connectivity index (χ1n) is 7.61. The van der Waals surface area contributed by atoms with Crippen LogP contribution in [0.1, 0.15) is 41.5 Å². The standard InChI is InChI=1S/C17H21N3O4/c1-5-9-23-14-8-7-12(10-15(14)22-4)17(21)19-13(6-2)16-18-11(3)24-20-16/h5,7-8,10,13H,1,6,9H2,2-4H3,(H,19,21)/t13-/m1/s1. The van der Waals surface area contributed by atoms with Crippen LogP contribution in [0.5, 0.6) is 11.5 Å². The summed E-state index contributed by atoms with van der Waals surface area (Å²) in [7, 11) is 1.52. The van der Waals surface area contributed by atoms with E-state index in [1.54, 1.807) is 31.2 Å². The largest absolute Gasteiger partial charge is 0.493 e. The molecule has 128 valence electrons. The van der Waals surface area contributed by atoms with E-state index in [1.165, 1.54) is 7.11 Å². The zero-order valence-electron chi connectivity index (χ0n) is 14.0. The number of carbonyl (C=O) groups excluding carboxylic acids is 1. The zero-order valence-corrected chi connectivity index (χ0v) is 14.0. The van der Waals surface area contributed by atoms with E-state index < -0.39 is 0 Å². The fraction of sp³-hybridized carbons (Fsp3) is 0.353. The van der Waals surface area contributed by atoms with Gasteiger partial charge in [-0.3, -0.25) is 4.79 Å². The van der Waals surface area contributed by atoms with E-state index in [1.807, 2.05) is 6.92 Å². The summed E-state index contributed by atoms with van der Waals surface area (Å²) in [5.74, 6) is 1.70. The Bertz CT molecular complexity index is 712. The van der Waals surface area contributed by atoms with E-state index in [0.29, 0.717) is 41.8 Å². The number of hydrogen-bond acceptors (Lipinski definition) is 6. The van der Waals surface area contributed by atoms with Gasteiger partial charge in [0.15, 0.2) is 17.3 Å². The third-order valence-corrected chi connectivity index (χ3v) is 3.35. The van der Waals surface area contributed by atoms with Crippen molar-refractivity contribution in [3.8, 4) is 11.5 Å². The number of hydrogen-bond donors (Lipinski definition) is 1. The number of aryl methyl sites for hydroxylation is 1. The molecule has 0 spiro atoms. The van der Waals surface area contributed by atoms with Crippen molar-refractivity contribution in [2.24, 2.45) is 0 Å². The van der Waals surface area contributed by atoms with Crippen molar-refractivity contribution in [1.29, 1.82) is 0 Å². The lowest BCUT2D eigenvalue weighted by Crippen LogP contribution is -2.29. The maximum absolute atomic E-state index is 12.5. The van der Waals surface area contributed by atoms with Crippen LogP contribution in [-0.4, -0.2) is 29.8 Å². The second kappa shape index (κ2) is 8.14. The van der Waals surface area contributed by atoms with Crippen molar-refractivity contribution < 1.29 is 18.8 Å². The van der Waals surface area contributed by atoms with E-state index >= 15 is 0 Å². The molecule has 24 heavy (non-hydrogen) atoms. The highest BCUT2D eigenvalue weighted by molar-refractivity contribution is 5.95. The molecule has 1 aromatic heterocycles. The molecule has 0 saturated heterocycles. The van der Waals surface area contributed by atoms with Crippen molar-refractivity contribution in [3.05, 3.63) is 48.1 Å². The Hall–Kier alpha value is -2.83. The third-order valence-electron chi connectivity index (χ3n) is 3.35. The maximum Gasteiger partial charge on any atom is 0.252 e. The highest BCUT2D eigenvalue weighted by atomic mass is 16.5. The fourth-order valence-electron chi connectivity index (χ4n) is 2.12. The van der Waals surface area contributed by atoms with Crippen LogP contribution in [0.4, 0.5) is 0 Å². The molecule has 1 aromatic carbocycles. The molecule has 0 aliphatic carbocycles. The van der Waals surface area contributed by atoms with Crippen molar-refractivity contribution in [2.45, 2.75) is 26.3 Å². The number of aromatic nitrogens is 2. The Morgan fingerprint density at radius 1 is 1.46 bits per heavy atom. The van der Waals surface area contributed by atoms with Crippen LogP contribution < -0.4 is 14.8 Å². The minimum atomic E-state index is -0.322. The molecule has 0 unspecified atom stereocenters. The van der Waals surface area contributed by atoms with Crippen LogP contribution in [-0.2, 0) is 0 Å². The van der Waals surface area contributed by atoms with Gasteiger partial charge in [-0.2, -0.15) is 4.98 Å². The molecule has 7 nitrogen and oxygen atoms in total. The topological polar surface area (TPSA) is 86.5 Å². The van der Waals surface area contributed by atoms with Crippen LogP contribution >= 0.6 is 0 Å². The monoisotopic (exact) mass is 331 g/mol. The number of nitrogens with zero attached hydrogens (tertiary/aromatic N) is 2. The Balaban J connectivity index is 2.15. The minimum absolute atomic E-state index is 0.252.